The molecule has 118 valence electrons. The van der Waals surface area contributed by atoms with Crippen molar-refractivity contribution >= 4 is 17.7 Å². The average Bonchev–Trinajstić information content (AvgIpc) is 2.47. The van der Waals surface area contributed by atoms with Crippen molar-refractivity contribution in [2.75, 3.05) is 6.61 Å². The summed E-state index contributed by atoms with van der Waals surface area (Å²) in [5.74, 6) is -1.60. The monoisotopic (exact) mass is 306 g/mol. The molecule has 0 saturated carbocycles. The third-order valence-corrected chi connectivity index (χ3v) is 3.52. The molecule has 6 heteroatoms. The molecular formula is C16H19FN2O3. The molecule has 1 heterocycles. The number of carbonyl (C=O) groups is 2. The van der Waals surface area contributed by atoms with Gasteiger partial charge in [-0.2, -0.15) is 0 Å². The number of hydrogen-bond donors (Lipinski definition) is 1. The number of aliphatic imine (C=N–C) groups is 1. The van der Waals surface area contributed by atoms with E-state index in [-0.39, 0.29) is 18.3 Å². The maximum atomic E-state index is 13.1. The summed E-state index contributed by atoms with van der Waals surface area (Å²) in [5.41, 5.74) is 1.12. The Kier molecular flexibility index (Phi) is 4.90. The molecule has 2 atom stereocenters. The number of esters is 1. The summed E-state index contributed by atoms with van der Waals surface area (Å²) in [6, 6.07) is 4.58. The minimum absolute atomic E-state index is 0.0802. The summed E-state index contributed by atoms with van der Waals surface area (Å²) >= 11 is 0. The van der Waals surface area contributed by atoms with Gasteiger partial charge in [-0.25, -0.2) is 14.2 Å². The van der Waals surface area contributed by atoms with E-state index in [2.05, 4.69) is 10.3 Å². The van der Waals surface area contributed by atoms with Crippen LogP contribution in [0.25, 0.3) is 0 Å². The van der Waals surface area contributed by atoms with E-state index in [1.165, 1.54) is 12.1 Å². The van der Waals surface area contributed by atoms with Crippen LogP contribution in [0.4, 0.5) is 9.18 Å². The minimum Gasteiger partial charge on any atom is -0.465 e. The van der Waals surface area contributed by atoms with Crippen molar-refractivity contribution in [3.8, 4) is 0 Å². The summed E-state index contributed by atoms with van der Waals surface area (Å²) in [7, 11) is 0. The van der Waals surface area contributed by atoms with Gasteiger partial charge in [0.2, 0.25) is 0 Å². The quantitative estimate of drug-likeness (QED) is 0.870. The molecule has 0 fully saturated rings. The standard InChI is InChI=1S/C16H19FN2O3/c1-4-22-15(20)12-13(9(2)3)18-16(21)19-14(12)10-5-7-11(17)8-6-10/h5-9,12,14H,4H2,1-3H3,(H,19,21). The zero-order chi connectivity index (χ0) is 16.3. The smallest absolute Gasteiger partial charge is 0.341 e. The highest BCUT2D eigenvalue weighted by atomic mass is 19.1. The van der Waals surface area contributed by atoms with Crippen molar-refractivity contribution in [1.29, 1.82) is 0 Å². The fourth-order valence-electron chi connectivity index (χ4n) is 2.53. The lowest BCUT2D eigenvalue weighted by Gasteiger charge is -2.32. The van der Waals surface area contributed by atoms with Crippen LogP contribution in [0, 0.1) is 17.7 Å². The van der Waals surface area contributed by atoms with E-state index in [1.807, 2.05) is 13.8 Å². The molecule has 1 aliphatic rings. The summed E-state index contributed by atoms with van der Waals surface area (Å²) in [6.07, 6.45) is 0. The van der Waals surface area contributed by atoms with Crippen LogP contribution in [0.5, 0.6) is 0 Å². The summed E-state index contributed by atoms with van der Waals surface area (Å²) in [6.45, 7) is 5.69. The van der Waals surface area contributed by atoms with E-state index in [0.29, 0.717) is 11.3 Å². The molecule has 2 amide bonds. The molecule has 0 aromatic heterocycles. The zero-order valence-electron chi connectivity index (χ0n) is 12.8. The van der Waals surface area contributed by atoms with Crippen LogP contribution in [-0.2, 0) is 9.53 Å². The van der Waals surface area contributed by atoms with Gasteiger partial charge >= 0.3 is 12.0 Å². The molecule has 1 aromatic carbocycles. The normalized spacial score (nSPS) is 21.3. The minimum atomic E-state index is -0.705. The predicted molar refractivity (Wildman–Crippen MR) is 80.1 cm³/mol. The Balaban J connectivity index is 2.45. The van der Waals surface area contributed by atoms with Crippen molar-refractivity contribution in [2.24, 2.45) is 16.8 Å². The number of nitrogens with zero attached hydrogens (tertiary/aromatic N) is 1. The van der Waals surface area contributed by atoms with Gasteiger partial charge in [0.05, 0.1) is 12.6 Å². The Morgan fingerprint density at radius 1 is 1.36 bits per heavy atom. The van der Waals surface area contributed by atoms with Gasteiger partial charge in [0.15, 0.2) is 0 Å². The van der Waals surface area contributed by atoms with E-state index in [0.717, 1.165) is 0 Å². The molecule has 0 radical (unpaired) electrons. The van der Waals surface area contributed by atoms with E-state index in [1.54, 1.807) is 19.1 Å². The van der Waals surface area contributed by atoms with E-state index in [4.69, 9.17) is 4.74 Å². The third kappa shape index (κ3) is 3.32. The second kappa shape index (κ2) is 6.68. The number of ether oxygens (including phenoxy) is 1. The summed E-state index contributed by atoms with van der Waals surface area (Å²) in [5, 5.41) is 2.68. The van der Waals surface area contributed by atoms with E-state index < -0.39 is 24.0 Å². The van der Waals surface area contributed by atoms with E-state index in [9.17, 15) is 14.0 Å². The Hall–Kier alpha value is -2.24. The maximum absolute atomic E-state index is 13.1. The second-order valence-electron chi connectivity index (χ2n) is 5.40. The fourth-order valence-corrected chi connectivity index (χ4v) is 2.53. The Morgan fingerprint density at radius 2 is 2.00 bits per heavy atom. The van der Waals surface area contributed by atoms with Gasteiger partial charge in [-0.05, 0) is 30.5 Å². The van der Waals surface area contributed by atoms with Crippen LogP contribution in [0.3, 0.4) is 0 Å². The fraction of sp³-hybridized carbons (Fsp3) is 0.438. The number of hydrogen-bond acceptors (Lipinski definition) is 3. The Labute approximate surface area is 128 Å². The van der Waals surface area contributed by atoms with E-state index >= 15 is 0 Å². The van der Waals surface area contributed by atoms with Crippen LogP contribution in [-0.4, -0.2) is 24.3 Å². The lowest BCUT2D eigenvalue weighted by molar-refractivity contribution is -0.146. The van der Waals surface area contributed by atoms with Gasteiger partial charge in [0.25, 0.3) is 0 Å². The molecular weight excluding hydrogens is 287 g/mol. The van der Waals surface area contributed by atoms with Crippen molar-refractivity contribution in [3.05, 3.63) is 35.6 Å². The first-order valence-electron chi connectivity index (χ1n) is 7.25. The molecule has 0 bridgehead atoms. The lowest BCUT2D eigenvalue weighted by atomic mass is 9.83. The molecule has 2 rings (SSSR count). The number of nitrogens with one attached hydrogen (secondary N) is 1. The Morgan fingerprint density at radius 3 is 2.55 bits per heavy atom. The highest BCUT2D eigenvalue weighted by Crippen LogP contribution is 2.30. The van der Waals surface area contributed by atoms with Crippen LogP contribution in [0.1, 0.15) is 32.4 Å². The first-order chi connectivity index (χ1) is 10.4. The summed E-state index contributed by atoms with van der Waals surface area (Å²) < 4.78 is 18.2. The second-order valence-corrected chi connectivity index (χ2v) is 5.40. The van der Waals surface area contributed by atoms with Crippen molar-refractivity contribution < 1.29 is 18.7 Å². The van der Waals surface area contributed by atoms with Crippen molar-refractivity contribution in [1.82, 2.24) is 5.32 Å². The molecule has 1 aliphatic heterocycles. The molecule has 22 heavy (non-hydrogen) atoms. The van der Waals surface area contributed by atoms with Gasteiger partial charge in [0.1, 0.15) is 11.7 Å². The van der Waals surface area contributed by atoms with Gasteiger partial charge in [-0.3, -0.25) is 4.79 Å². The molecule has 1 N–H and O–H groups in total. The first-order valence-corrected chi connectivity index (χ1v) is 7.25. The number of carbonyl (C=O) groups excluding carboxylic acids is 2. The van der Waals surface area contributed by atoms with Gasteiger partial charge in [-0.1, -0.05) is 26.0 Å². The highest BCUT2D eigenvalue weighted by molar-refractivity contribution is 6.10. The van der Waals surface area contributed by atoms with Crippen LogP contribution >= 0.6 is 0 Å². The van der Waals surface area contributed by atoms with Crippen molar-refractivity contribution in [2.45, 2.75) is 26.8 Å². The maximum Gasteiger partial charge on any atom is 0.341 e. The van der Waals surface area contributed by atoms with Crippen LogP contribution in [0.2, 0.25) is 0 Å². The van der Waals surface area contributed by atoms with Crippen LogP contribution in [0.15, 0.2) is 29.3 Å². The molecule has 0 saturated heterocycles. The van der Waals surface area contributed by atoms with Crippen LogP contribution < -0.4 is 5.32 Å². The Bertz CT molecular complexity index is 596. The third-order valence-electron chi connectivity index (χ3n) is 3.52. The van der Waals surface area contributed by atoms with Gasteiger partial charge in [-0.15, -0.1) is 0 Å². The molecule has 2 unspecified atom stereocenters. The molecule has 0 aliphatic carbocycles. The molecule has 1 aromatic rings. The summed E-state index contributed by atoms with van der Waals surface area (Å²) in [4.78, 5) is 28.1. The molecule has 0 spiro atoms. The van der Waals surface area contributed by atoms with Gasteiger partial charge < -0.3 is 10.1 Å². The number of urea groups is 1. The lowest BCUT2D eigenvalue weighted by Crippen LogP contribution is -2.46. The van der Waals surface area contributed by atoms with Gasteiger partial charge in [0, 0.05) is 5.71 Å². The number of benzene rings is 1. The SMILES string of the molecule is CCOC(=O)C1C(C(C)C)=NC(=O)NC1c1ccc(F)cc1. The predicted octanol–water partition coefficient (Wildman–Crippen LogP) is 2.87. The highest BCUT2D eigenvalue weighted by Gasteiger charge is 2.40. The largest absolute Gasteiger partial charge is 0.465 e. The molecule has 5 nitrogen and oxygen atoms in total. The van der Waals surface area contributed by atoms with Crippen molar-refractivity contribution in [3.63, 3.8) is 0 Å². The first kappa shape index (κ1) is 16.1. The average molecular weight is 306 g/mol. The number of rotatable bonds is 4. The number of amides is 2. The zero-order valence-corrected chi connectivity index (χ0v) is 12.8. The number of halogens is 1. The topological polar surface area (TPSA) is 67.8 Å².